The van der Waals surface area contributed by atoms with Gasteiger partial charge in [-0.05, 0) is 38.5 Å². The first-order chi connectivity index (χ1) is 13.3. The van der Waals surface area contributed by atoms with Crippen LogP contribution < -0.4 is 0 Å². The Balaban J connectivity index is 3.18. The highest BCUT2D eigenvalue weighted by Gasteiger charge is 1.96. The zero-order valence-electron chi connectivity index (χ0n) is 17.8. The van der Waals surface area contributed by atoms with Crippen molar-refractivity contribution in [3.63, 3.8) is 0 Å². The maximum absolute atomic E-state index is 10.4. The Bertz CT molecular complexity index is 393. The molecule has 0 unspecified atom stereocenters. The van der Waals surface area contributed by atoms with E-state index >= 15 is 0 Å². The molecule has 0 aromatic heterocycles. The molecule has 0 saturated carbocycles. The first-order valence-electron chi connectivity index (χ1n) is 11.4. The van der Waals surface area contributed by atoms with Gasteiger partial charge < -0.3 is 5.11 Å². The van der Waals surface area contributed by atoms with E-state index in [0.717, 1.165) is 25.7 Å². The molecule has 0 fully saturated rings. The number of hydrogen-bond acceptors (Lipinski definition) is 1. The van der Waals surface area contributed by atoms with Crippen LogP contribution in [0.2, 0.25) is 0 Å². The summed E-state index contributed by atoms with van der Waals surface area (Å²) in [6.07, 6.45) is 33.6. The molecule has 2 heteroatoms. The van der Waals surface area contributed by atoms with Crippen molar-refractivity contribution in [1.82, 2.24) is 0 Å². The van der Waals surface area contributed by atoms with E-state index in [0.29, 0.717) is 6.42 Å². The zero-order valence-corrected chi connectivity index (χ0v) is 17.8. The first kappa shape index (κ1) is 25.7. The van der Waals surface area contributed by atoms with E-state index in [1.54, 1.807) is 0 Å². The largest absolute Gasteiger partial charge is 0.481 e. The SMILES string of the molecule is CCCC=CCC=CCC=CCCCCCCCCCCCCCC(=O)O. The molecule has 0 spiro atoms. The molecule has 0 atom stereocenters. The minimum absolute atomic E-state index is 0.336. The Morgan fingerprint density at radius 2 is 1.00 bits per heavy atom. The van der Waals surface area contributed by atoms with Crippen LogP contribution in [0, 0.1) is 0 Å². The first-order valence-corrected chi connectivity index (χ1v) is 11.4. The standard InChI is InChI=1S/C25H44O2/c1-2-3-4-5-6-7-8-9-10-11-12-13-14-15-16-17-18-19-20-21-22-23-24-25(26)27/h4-5,7-8,10-11H,2-3,6,9,12-24H2,1H3,(H,26,27). The number of aliphatic carboxylic acids is 1. The maximum Gasteiger partial charge on any atom is 0.303 e. The van der Waals surface area contributed by atoms with Gasteiger partial charge in [0, 0.05) is 6.42 Å². The van der Waals surface area contributed by atoms with Gasteiger partial charge >= 0.3 is 5.97 Å². The van der Waals surface area contributed by atoms with Gasteiger partial charge in [0.25, 0.3) is 0 Å². The quantitative estimate of drug-likeness (QED) is 0.171. The molecular formula is C25H44O2. The third-order valence-corrected chi connectivity index (χ3v) is 4.76. The second-order valence-electron chi connectivity index (χ2n) is 7.50. The lowest BCUT2D eigenvalue weighted by Gasteiger charge is -2.02. The van der Waals surface area contributed by atoms with Gasteiger partial charge in [0.2, 0.25) is 0 Å². The van der Waals surface area contributed by atoms with Crippen LogP contribution in [-0.2, 0) is 4.79 Å². The summed E-state index contributed by atoms with van der Waals surface area (Å²) >= 11 is 0. The van der Waals surface area contributed by atoms with Crippen LogP contribution in [0.5, 0.6) is 0 Å². The lowest BCUT2D eigenvalue weighted by Crippen LogP contribution is -1.93. The summed E-state index contributed by atoms with van der Waals surface area (Å²) in [5, 5.41) is 8.57. The number of rotatable bonds is 20. The predicted molar refractivity (Wildman–Crippen MR) is 119 cm³/mol. The Morgan fingerprint density at radius 1 is 0.593 bits per heavy atom. The molecule has 0 bridgehead atoms. The highest BCUT2D eigenvalue weighted by atomic mass is 16.4. The van der Waals surface area contributed by atoms with Crippen molar-refractivity contribution in [1.29, 1.82) is 0 Å². The van der Waals surface area contributed by atoms with E-state index in [4.69, 9.17) is 5.11 Å². The van der Waals surface area contributed by atoms with Gasteiger partial charge in [-0.25, -0.2) is 0 Å². The molecule has 0 aliphatic rings. The van der Waals surface area contributed by atoms with Crippen molar-refractivity contribution >= 4 is 5.97 Å². The Kier molecular flexibility index (Phi) is 21.6. The minimum Gasteiger partial charge on any atom is -0.481 e. The summed E-state index contributed by atoms with van der Waals surface area (Å²) in [7, 11) is 0. The Morgan fingerprint density at radius 3 is 1.48 bits per heavy atom. The average Bonchev–Trinajstić information content (AvgIpc) is 2.65. The molecule has 0 amide bonds. The van der Waals surface area contributed by atoms with Gasteiger partial charge in [0.05, 0.1) is 0 Å². The summed E-state index contributed by atoms with van der Waals surface area (Å²) in [4.78, 5) is 10.4. The van der Waals surface area contributed by atoms with Crippen LogP contribution in [-0.4, -0.2) is 11.1 Å². The summed E-state index contributed by atoms with van der Waals surface area (Å²) < 4.78 is 0. The fourth-order valence-corrected chi connectivity index (χ4v) is 3.07. The number of carboxylic acid groups (broad SMARTS) is 1. The smallest absolute Gasteiger partial charge is 0.303 e. The van der Waals surface area contributed by atoms with Crippen LogP contribution in [0.3, 0.4) is 0 Å². The molecule has 2 nitrogen and oxygen atoms in total. The highest BCUT2D eigenvalue weighted by molar-refractivity contribution is 5.66. The van der Waals surface area contributed by atoms with Crippen LogP contribution >= 0.6 is 0 Å². The molecule has 0 aliphatic carbocycles. The lowest BCUT2D eigenvalue weighted by atomic mass is 10.0. The van der Waals surface area contributed by atoms with Gasteiger partial charge in [0.1, 0.15) is 0 Å². The molecule has 0 saturated heterocycles. The van der Waals surface area contributed by atoms with E-state index < -0.39 is 5.97 Å². The number of allylic oxidation sites excluding steroid dienone is 6. The van der Waals surface area contributed by atoms with E-state index in [1.807, 2.05) is 0 Å². The molecule has 0 aliphatic heterocycles. The van der Waals surface area contributed by atoms with Crippen molar-refractivity contribution in [3.05, 3.63) is 36.5 Å². The Labute approximate surface area is 168 Å². The van der Waals surface area contributed by atoms with E-state index in [2.05, 4.69) is 43.4 Å². The second kappa shape index (κ2) is 22.7. The number of unbranched alkanes of at least 4 members (excludes halogenated alkanes) is 12. The van der Waals surface area contributed by atoms with Crippen LogP contribution in [0.25, 0.3) is 0 Å². The predicted octanol–water partition coefficient (Wildman–Crippen LogP) is 8.39. The summed E-state index contributed by atoms with van der Waals surface area (Å²) in [5.41, 5.74) is 0. The third-order valence-electron chi connectivity index (χ3n) is 4.76. The molecule has 156 valence electrons. The highest BCUT2D eigenvalue weighted by Crippen LogP contribution is 2.12. The van der Waals surface area contributed by atoms with Crippen molar-refractivity contribution in [2.75, 3.05) is 0 Å². The molecule has 0 radical (unpaired) electrons. The third kappa shape index (κ3) is 24.7. The average molecular weight is 377 g/mol. The van der Waals surface area contributed by atoms with Gasteiger partial charge in [-0.2, -0.15) is 0 Å². The lowest BCUT2D eigenvalue weighted by molar-refractivity contribution is -0.137. The Hall–Kier alpha value is -1.31. The molecule has 0 aromatic carbocycles. The van der Waals surface area contributed by atoms with E-state index in [9.17, 15) is 4.79 Å². The molecule has 0 aromatic rings. The number of carbonyl (C=O) groups is 1. The number of hydrogen-bond donors (Lipinski definition) is 1. The van der Waals surface area contributed by atoms with Gasteiger partial charge in [-0.3, -0.25) is 4.79 Å². The van der Waals surface area contributed by atoms with Crippen LogP contribution in [0.4, 0.5) is 0 Å². The minimum atomic E-state index is -0.659. The van der Waals surface area contributed by atoms with E-state index in [-0.39, 0.29) is 0 Å². The van der Waals surface area contributed by atoms with Crippen molar-refractivity contribution in [2.24, 2.45) is 0 Å². The summed E-state index contributed by atoms with van der Waals surface area (Å²) in [6, 6.07) is 0. The topological polar surface area (TPSA) is 37.3 Å². The summed E-state index contributed by atoms with van der Waals surface area (Å²) in [5.74, 6) is -0.659. The molecule has 0 heterocycles. The normalized spacial score (nSPS) is 12.0. The molecule has 27 heavy (non-hydrogen) atoms. The van der Waals surface area contributed by atoms with Gasteiger partial charge in [0.15, 0.2) is 0 Å². The molecule has 1 N–H and O–H groups in total. The van der Waals surface area contributed by atoms with Gasteiger partial charge in [-0.1, -0.05) is 108 Å². The van der Waals surface area contributed by atoms with Crippen LogP contribution in [0.15, 0.2) is 36.5 Å². The summed E-state index contributed by atoms with van der Waals surface area (Å²) in [6.45, 7) is 2.21. The van der Waals surface area contributed by atoms with Gasteiger partial charge in [-0.15, -0.1) is 0 Å². The zero-order chi connectivity index (χ0) is 19.8. The monoisotopic (exact) mass is 376 g/mol. The fraction of sp³-hybridized carbons (Fsp3) is 0.720. The van der Waals surface area contributed by atoms with Crippen molar-refractivity contribution in [2.45, 2.75) is 116 Å². The maximum atomic E-state index is 10.4. The van der Waals surface area contributed by atoms with Crippen LogP contribution in [0.1, 0.15) is 116 Å². The van der Waals surface area contributed by atoms with Crippen molar-refractivity contribution in [3.8, 4) is 0 Å². The van der Waals surface area contributed by atoms with E-state index in [1.165, 1.54) is 77.0 Å². The number of carboxylic acids is 1. The molecular weight excluding hydrogens is 332 g/mol. The van der Waals surface area contributed by atoms with Crippen molar-refractivity contribution < 1.29 is 9.90 Å². The molecule has 0 rings (SSSR count). The fourth-order valence-electron chi connectivity index (χ4n) is 3.07. The second-order valence-corrected chi connectivity index (χ2v) is 7.50.